The summed E-state index contributed by atoms with van der Waals surface area (Å²) in [6.45, 7) is 0. The Bertz CT molecular complexity index is 1260. The maximum absolute atomic E-state index is 15.4. The van der Waals surface area contributed by atoms with Gasteiger partial charge in [0.25, 0.3) is 0 Å². The number of hydrogen-bond acceptors (Lipinski definition) is 4. The van der Waals surface area contributed by atoms with Gasteiger partial charge in [0.05, 0.1) is 24.0 Å². The highest BCUT2D eigenvalue weighted by Crippen LogP contribution is 2.59. The van der Waals surface area contributed by atoms with Crippen LogP contribution in [-0.4, -0.2) is 27.9 Å². The van der Waals surface area contributed by atoms with Gasteiger partial charge in [-0.3, -0.25) is 10.1 Å². The van der Waals surface area contributed by atoms with E-state index in [1.165, 1.54) is 18.3 Å². The minimum absolute atomic E-state index is 0.00579. The molecule has 1 N–H and O–H groups in total. The van der Waals surface area contributed by atoms with Crippen molar-refractivity contribution in [1.29, 1.82) is 0 Å². The molecule has 30 heavy (non-hydrogen) atoms. The molecule has 0 saturated heterocycles. The molecule has 2 aliphatic heterocycles. The van der Waals surface area contributed by atoms with E-state index in [1.54, 1.807) is 0 Å². The predicted octanol–water partition coefficient (Wildman–Crippen LogP) is 3.82. The summed E-state index contributed by atoms with van der Waals surface area (Å²) in [6, 6.07) is 2.59. The highest BCUT2D eigenvalue weighted by molar-refractivity contribution is 7.89. The summed E-state index contributed by atoms with van der Waals surface area (Å²) >= 11 is 0. The van der Waals surface area contributed by atoms with E-state index in [0.717, 1.165) is 16.4 Å². The van der Waals surface area contributed by atoms with E-state index >= 15 is 4.39 Å². The first-order chi connectivity index (χ1) is 14.1. The van der Waals surface area contributed by atoms with Crippen LogP contribution in [0, 0.1) is 5.82 Å². The summed E-state index contributed by atoms with van der Waals surface area (Å²) in [7, 11) is -4.54. The third-order valence-electron chi connectivity index (χ3n) is 5.36. The van der Waals surface area contributed by atoms with E-state index in [-0.39, 0.29) is 22.4 Å². The number of rotatable bonds is 2. The lowest BCUT2D eigenvalue weighted by Gasteiger charge is -2.35. The largest absolute Gasteiger partial charge is 0.433 e. The molecule has 0 saturated carbocycles. The van der Waals surface area contributed by atoms with Gasteiger partial charge in [0.1, 0.15) is 16.4 Å². The van der Waals surface area contributed by atoms with Crippen molar-refractivity contribution in [1.82, 2.24) is 19.5 Å². The van der Waals surface area contributed by atoms with E-state index in [0.29, 0.717) is 12.3 Å². The molecule has 3 aromatic rings. The summed E-state index contributed by atoms with van der Waals surface area (Å²) in [4.78, 5) is 2.63. The average molecular weight is 442 g/mol. The van der Waals surface area contributed by atoms with Crippen LogP contribution in [0.1, 0.15) is 46.3 Å². The number of aromatic nitrogens is 3. The fourth-order valence-corrected chi connectivity index (χ4v) is 5.80. The van der Waals surface area contributed by atoms with Crippen LogP contribution in [0.15, 0.2) is 47.6 Å². The number of aromatic amines is 1. The smallest absolute Gasteiger partial charge is 0.279 e. The second kappa shape index (κ2) is 6.08. The number of pyridine rings is 1. The van der Waals surface area contributed by atoms with Gasteiger partial charge in [-0.2, -0.15) is 22.6 Å². The van der Waals surface area contributed by atoms with Gasteiger partial charge in [0.2, 0.25) is 10.0 Å². The predicted molar refractivity (Wildman–Crippen MR) is 91.7 cm³/mol. The van der Waals surface area contributed by atoms with Crippen molar-refractivity contribution in [3.05, 3.63) is 76.6 Å². The van der Waals surface area contributed by atoms with E-state index in [1.807, 2.05) is 0 Å². The van der Waals surface area contributed by atoms with Crippen LogP contribution in [0.4, 0.5) is 22.0 Å². The minimum atomic E-state index is -4.75. The Morgan fingerprint density at radius 2 is 1.83 bits per heavy atom. The quantitative estimate of drug-likeness (QED) is 0.612. The van der Waals surface area contributed by atoms with Crippen LogP contribution in [0.2, 0.25) is 0 Å². The third kappa shape index (κ3) is 2.46. The summed E-state index contributed by atoms with van der Waals surface area (Å²) in [5, 5.41) is 6.25. The van der Waals surface area contributed by atoms with Gasteiger partial charge >= 0.3 is 6.18 Å². The lowest BCUT2D eigenvalue weighted by Crippen LogP contribution is -2.39. The van der Waals surface area contributed by atoms with Crippen LogP contribution in [0.25, 0.3) is 0 Å². The normalized spacial score (nSPS) is 23.3. The van der Waals surface area contributed by atoms with Crippen LogP contribution in [0.3, 0.4) is 0 Å². The number of sulfonamides is 1. The number of nitrogens with zero attached hydrogens (tertiary/aromatic N) is 3. The molecule has 0 spiro atoms. The highest BCUT2D eigenvalue weighted by atomic mass is 32.2. The molecule has 5 rings (SSSR count). The van der Waals surface area contributed by atoms with Crippen molar-refractivity contribution >= 4 is 10.0 Å². The molecule has 0 aliphatic carbocycles. The van der Waals surface area contributed by atoms with Crippen LogP contribution < -0.4 is 0 Å². The summed E-state index contributed by atoms with van der Waals surface area (Å²) in [5.74, 6) is -0.716. The zero-order chi connectivity index (χ0) is 21.4. The zero-order valence-corrected chi connectivity index (χ0v) is 15.5. The number of alkyl halides is 4. The van der Waals surface area contributed by atoms with Gasteiger partial charge in [-0.25, -0.2) is 17.2 Å². The van der Waals surface area contributed by atoms with Gasteiger partial charge in [-0.05, 0) is 23.8 Å². The van der Waals surface area contributed by atoms with E-state index in [2.05, 4.69) is 15.2 Å². The van der Waals surface area contributed by atoms with Crippen molar-refractivity contribution in [2.45, 2.75) is 29.3 Å². The summed E-state index contributed by atoms with van der Waals surface area (Å²) < 4.78 is 95.9. The standard InChI is InChI=1S/C18H11F5N4O2S/c19-11-3-1-2-9-13(11)16-10-7-25-26-15(10)14(20)17(9)27(16)30(28,29)8-4-5-12(24-6-8)18(21,22)23/h1-7,14,16-17H,(H,25,26)/t14-,16?,17?/m0/s1. The van der Waals surface area contributed by atoms with E-state index in [9.17, 15) is 26.0 Å². The Hall–Kier alpha value is -2.86. The highest BCUT2D eigenvalue weighted by Gasteiger charge is 2.56. The van der Waals surface area contributed by atoms with Crippen molar-refractivity contribution in [2.75, 3.05) is 0 Å². The molecule has 2 bridgehead atoms. The van der Waals surface area contributed by atoms with Gasteiger partial charge in [0.15, 0.2) is 6.17 Å². The van der Waals surface area contributed by atoms with Crippen molar-refractivity contribution < 1.29 is 30.4 Å². The number of benzene rings is 1. The molecule has 6 nitrogen and oxygen atoms in total. The number of H-pyrrole nitrogens is 1. The van der Waals surface area contributed by atoms with E-state index in [4.69, 9.17) is 0 Å². The molecule has 2 unspecified atom stereocenters. The van der Waals surface area contributed by atoms with Gasteiger partial charge in [-0.1, -0.05) is 12.1 Å². The number of hydrogen-bond donors (Lipinski definition) is 1. The Kier molecular flexibility index (Phi) is 3.87. The minimum Gasteiger partial charge on any atom is -0.279 e. The molecular formula is C18H11F5N4O2S. The second-order valence-corrected chi connectivity index (χ2v) is 8.79. The van der Waals surface area contributed by atoms with Crippen molar-refractivity contribution in [3.8, 4) is 0 Å². The molecule has 3 atom stereocenters. The molecular weight excluding hydrogens is 431 g/mol. The number of fused-ring (bicyclic) bond motifs is 7. The summed E-state index contributed by atoms with van der Waals surface area (Å²) in [6.07, 6.45) is -4.84. The lowest BCUT2D eigenvalue weighted by atomic mass is 9.99. The van der Waals surface area contributed by atoms with Crippen LogP contribution in [-0.2, 0) is 16.2 Å². The zero-order valence-electron chi connectivity index (χ0n) is 14.7. The molecule has 12 heteroatoms. The Morgan fingerprint density at radius 3 is 2.50 bits per heavy atom. The van der Waals surface area contributed by atoms with Gasteiger partial charge < -0.3 is 0 Å². The van der Waals surface area contributed by atoms with Crippen LogP contribution in [0.5, 0.6) is 0 Å². The molecule has 2 aromatic heterocycles. The molecule has 0 radical (unpaired) electrons. The van der Waals surface area contributed by atoms with E-state index < -0.39 is 50.9 Å². The number of nitrogens with one attached hydrogen (secondary N) is 1. The molecule has 0 fully saturated rings. The fraction of sp³-hybridized carbons (Fsp3) is 0.222. The van der Waals surface area contributed by atoms with Crippen molar-refractivity contribution in [3.63, 3.8) is 0 Å². The average Bonchev–Trinajstić information content (AvgIpc) is 3.28. The van der Waals surface area contributed by atoms with Gasteiger partial charge in [-0.15, -0.1) is 0 Å². The van der Waals surface area contributed by atoms with Crippen molar-refractivity contribution in [2.24, 2.45) is 0 Å². The topological polar surface area (TPSA) is 79.0 Å². The fourth-order valence-electron chi connectivity index (χ4n) is 4.12. The van der Waals surface area contributed by atoms with Crippen LogP contribution >= 0.6 is 0 Å². The molecule has 1 aromatic carbocycles. The second-order valence-electron chi connectivity index (χ2n) is 6.94. The molecule has 4 heterocycles. The Morgan fingerprint density at radius 1 is 1.07 bits per heavy atom. The van der Waals surface area contributed by atoms with Gasteiger partial charge in [0, 0.05) is 17.3 Å². The monoisotopic (exact) mass is 442 g/mol. The molecule has 156 valence electrons. The molecule has 0 amide bonds. The Balaban J connectivity index is 1.69. The summed E-state index contributed by atoms with van der Waals surface area (Å²) in [5.41, 5.74) is -0.934. The molecule has 2 aliphatic rings. The first-order valence-corrected chi connectivity index (χ1v) is 10.1. The number of halogens is 5. The maximum atomic E-state index is 15.4. The first-order valence-electron chi connectivity index (χ1n) is 8.64. The Labute approximate surface area is 166 Å². The SMILES string of the molecule is O=S(=O)(c1ccc(C(F)(F)F)nc1)N1C2c3cn[nH]c3[C@H](F)C1c1cccc(F)c12. The first kappa shape index (κ1) is 19.1. The maximum Gasteiger partial charge on any atom is 0.433 e. The lowest BCUT2D eigenvalue weighted by molar-refractivity contribution is -0.141. The third-order valence-corrected chi connectivity index (χ3v) is 7.19.